The SMILES string of the molecule is C=C(C)[C@H]1Oc2ccccc2/C1=C\C1=CCCCC1. The molecule has 0 aromatic heterocycles. The van der Waals surface area contributed by atoms with Crippen molar-refractivity contribution in [3.63, 3.8) is 0 Å². The molecule has 98 valence electrons. The summed E-state index contributed by atoms with van der Waals surface area (Å²) in [5.41, 5.74) is 5.02. The zero-order valence-corrected chi connectivity index (χ0v) is 11.5. The lowest BCUT2D eigenvalue weighted by Gasteiger charge is -2.14. The molecule has 1 aromatic rings. The largest absolute Gasteiger partial charge is 0.481 e. The predicted molar refractivity (Wildman–Crippen MR) is 80.2 cm³/mol. The van der Waals surface area contributed by atoms with Crippen LogP contribution < -0.4 is 4.74 Å². The molecule has 19 heavy (non-hydrogen) atoms. The molecule has 3 rings (SSSR count). The highest BCUT2D eigenvalue weighted by Gasteiger charge is 2.28. The summed E-state index contributed by atoms with van der Waals surface area (Å²) in [7, 11) is 0. The van der Waals surface area contributed by atoms with E-state index in [2.05, 4.69) is 30.9 Å². The highest BCUT2D eigenvalue weighted by Crippen LogP contribution is 2.40. The first-order valence-corrected chi connectivity index (χ1v) is 7.08. The number of benzene rings is 1. The topological polar surface area (TPSA) is 9.23 Å². The van der Waals surface area contributed by atoms with Crippen LogP contribution in [0, 0.1) is 0 Å². The molecule has 1 atom stereocenters. The molecule has 0 unspecified atom stereocenters. The Hall–Kier alpha value is -1.76. The van der Waals surface area contributed by atoms with Gasteiger partial charge in [0.25, 0.3) is 0 Å². The Morgan fingerprint density at radius 1 is 1.32 bits per heavy atom. The number of hydrogen-bond donors (Lipinski definition) is 0. The van der Waals surface area contributed by atoms with Crippen LogP contribution in [0.1, 0.15) is 38.2 Å². The van der Waals surface area contributed by atoms with Gasteiger partial charge in [0.15, 0.2) is 0 Å². The van der Waals surface area contributed by atoms with E-state index in [-0.39, 0.29) is 6.10 Å². The van der Waals surface area contributed by atoms with Crippen LogP contribution in [0.2, 0.25) is 0 Å². The van der Waals surface area contributed by atoms with Crippen molar-refractivity contribution < 1.29 is 4.74 Å². The molecule has 1 aliphatic heterocycles. The fraction of sp³-hybridized carbons (Fsp3) is 0.333. The van der Waals surface area contributed by atoms with Crippen LogP contribution in [0.4, 0.5) is 0 Å². The number of para-hydroxylation sites is 1. The summed E-state index contributed by atoms with van der Waals surface area (Å²) in [5, 5.41) is 0. The van der Waals surface area contributed by atoms with E-state index >= 15 is 0 Å². The Morgan fingerprint density at radius 3 is 2.89 bits per heavy atom. The third-order valence-electron chi connectivity index (χ3n) is 3.84. The minimum atomic E-state index is 0.0141. The second-order valence-corrected chi connectivity index (χ2v) is 5.46. The van der Waals surface area contributed by atoms with Crippen molar-refractivity contribution in [2.24, 2.45) is 0 Å². The van der Waals surface area contributed by atoms with Crippen LogP contribution >= 0.6 is 0 Å². The predicted octanol–water partition coefficient (Wildman–Crippen LogP) is 4.91. The van der Waals surface area contributed by atoms with Gasteiger partial charge in [-0.05, 0) is 44.2 Å². The minimum absolute atomic E-state index is 0.0141. The van der Waals surface area contributed by atoms with Gasteiger partial charge in [-0.2, -0.15) is 0 Å². The van der Waals surface area contributed by atoms with Gasteiger partial charge in [0, 0.05) is 11.1 Å². The van der Waals surface area contributed by atoms with Gasteiger partial charge in [0.05, 0.1) is 0 Å². The molecule has 0 saturated heterocycles. The molecule has 1 aliphatic carbocycles. The summed E-state index contributed by atoms with van der Waals surface area (Å²) in [6.45, 7) is 6.12. The van der Waals surface area contributed by atoms with Gasteiger partial charge in [-0.3, -0.25) is 0 Å². The maximum Gasteiger partial charge on any atom is 0.145 e. The zero-order chi connectivity index (χ0) is 13.2. The van der Waals surface area contributed by atoms with Crippen molar-refractivity contribution in [3.05, 3.63) is 59.7 Å². The Kier molecular flexibility index (Phi) is 3.29. The average Bonchev–Trinajstić information content (AvgIpc) is 2.79. The molecule has 2 aliphatic rings. The highest BCUT2D eigenvalue weighted by molar-refractivity contribution is 5.80. The molecule has 0 amide bonds. The molecule has 0 radical (unpaired) electrons. The van der Waals surface area contributed by atoms with Gasteiger partial charge in [0.1, 0.15) is 11.9 Å². The van der Waals surface area contributed by atoms with Gasteiger partial charge in [-0.25, -0.2) is 0 Å². The van der Waals surface area contributed by atoms with Crippen LogP contribution in [-0.2, 0) is 0 Å². The third kappa shape index (κ3) is 2.37. The molecule has 1 aromatic carbocycles. The lowest BCUT2D eigenvalue weighted by Crippen LogP contribution is -2.13. The second-order valence-electron chi connectivity index (χ2n) is 5.46. The molecule has 0 saturated carbocycles. The fourth-order valence-corrected chi connectivity index (χ4v) is 2.85. The Morgan fingerprint density at radius 2 is 2.16 bits per heavy atom. The summed E-state index contributed by atoms with van der Waals surface area (Å²) in [6, 6.07) is 8.29. The van der Waals surface area contributed by atoms with Crippen molar-refractivity contribution in [1.82, 2.24) is 0 Å². The Balaban J connectivity index is 2.02. The lowest BCUT2D eigenvalue weighted by molar-refractivity contribution is 0.311. The maximum atomic E-state index is 6.03. The fourth-order valence-electron chi connectivity index (χ4n) is 2.85. The van der Waals surface area contributed by atoms with Crippen LogP contribution in [0.15, 0.2) is 54.1 Å². The Labute approximate surface area is 115 Å². The van der Waals surface area contributed by atoms with Gasteiger partial charge in [0.2, 0.25) is 0 Å². The van der Waals surface area contributed by atoms with Crippen molar-refractivity contribution in [3.8, 4) is 5.75 Å². The van der Waals surface area contributed by atoms with E-state index < -0.39 is 0 Å². The molecule has 0 spiro atoms. The number of allylic oxidation sites excluding steroid dienone is 3. The summed E-state index contributed by atoms with van der Waals surface area (Å²) in [4.78, 5) is 0. The molecule has 0 N–H and O–H groups in total. The number of fused-ring (bicyclic) bond motifs is 1. The van der Waals surface area contributed by atoms with E-state index in [1.54, 1.807) is 0 Å². The van der Waals surface area contributed by atoms with E-state index in [0.29, 0.717) is 0 Å². The summed E-state index contributed by atoms with van der Waals surface area (Å²) in [5.74, 6) is 0.984. The second kappa shape index (κ2) is 5.08. The zero-order valence-electron chi connectivity index (χ0n) is 11.5. The van der Waals surface area contributed by atoms with Crippen molar-refractivity contribution >= 4 is 5.57 Å². The first-order valence-electron chi connectivity index (χ1n) is 7.08. The van der Waals surface area contributed by atoms with Crippen molar-refractivity contribution in [1.29, 1.82) is 0 Å². The Bertz CT molecular complexity index is 563. The number of hydrogen-bond acceptors (Lipinski definition) is 1. The minimum Gasteiger partial charge on any atom is -0.481 e. The van der Waals surface area contributed by atoms with Crippen LogP contribution in [0.3, 0.4) is 0 Å². The average molecular weight is 252 g/mol. The highest BCUT2D eigenvalue weighted by atomic mass is 16.5. The van der Waals surface area contributed by atoms with Gasteiger partial charge < -0.3 is 4.74 Å². The lowest BCUT2D eigenvalue weighted by atomic mass is 9.92. The number of ether oxygens (including phenoxy) is 1. The molecule has 0 fully saturated rings. The summed E-state index contributed by atoms with van der Waals surface area (Å²) in [6.07, 6.45) is 9.73. The van der Waals surface area contributed by atoms with Gasteiger partial charge in [-0.1, -0.05) is 42.5 Å². The number of rotatable bonds is 2. The quantitative estimate of drug-likeness (QED) is 0.680. The van der Waals surface area contributed by atoms with E-state index in [1.165, 1.54) is 42.4 Å². The third-order valence-corrected chi connectivity index (χ3v) is 3.84. The van der Waals surface area contributed by atoms with E-state index in [0.717, 1.165) is 11.3 Å². The van der Waals surface area contributed by atoms with E-state index in [9.17, 15) is 0 Å². The molecule has 1 heteroatoms. The molecular formula is C18H20O. The molecule has 1 nitrogen and oxygen atoms in total. The van der Waals surface area contributed by atoms with Gasteiger partial charge >= 0.3 is 0 Å². The van der Waals surface area contributed by atoms with Crippen LogP contribution in [0.5, 0.6) is 5.75 Å². The molecule has 1 heterocycles. The molecule has 0 bridgehead atoms. The van der Waals surface area contributed by atoms with Crippen LogP contribution in [0.25, 0.3) is 5.57 Å². The van der Waals surface area contributed by atoms with E-state index in [1.807, 2.05) is 19.1 Å². The standard InChI is InChI=1S/C18H20O/c1-13(2)18-16(12-14-8-4-3-5-9-14)15-10-6-7-11-17(15)19-18/h6-8,10-12,18H,1,3-5,9H2,2H3/b16-12+/t18-/m1/s1. The van der Waals surface area contributed by atoms with Crippen LogP contribution in [-0.4, -0.2) is 6.10 Å². The normalized spacial score (nSPS) is 23.7. The maximum absolute atomic E-state index is 6.03. The van der Waals surface area contributed by atoms with Crippen molar-refractivity contribution in [2.45, 2.75) is 38.7 Å². The smallest absolute Gasteiger partial charge is 0.145 e. The summed E-state index contributed by atoms with van der Waals surface area (Å²) < 4.78 is 6.03. The van der Waals surface area contributed by atoms with Crippen molar-refractivity contribution in [2.75, 3.05) is 0 Å². The van der Waals surface area contributed by atoms with Gasteiger partial charge in [-0.15, -0.1) is 0 Å². The molecular weight excluding hydrogens is 232 g/mol. The first kappa shape index (κ1) is 12.3. The first-order chi connectivity index (χ1) is 9.25. The monoisotopic (exact) mass is 252 g/mol. The van der Waals surface area contributed by atoms with E-state index in [4.69, 9.17) is 4.74 Å². The summed E-state index contributed by atoms with van der Waals surface area (Å²) >= 11 is 0.